The molecule has 2 aromatic rings. The van der Waals surface area contributed by atoms with Gasteiger partial charge in [-0.3, -0.25) is 9.89 Å². The molecule has 4 rings (SSSR count). The lowest BCUT2D eigenvalue weighted by Crippen LogP contribution is -2.18. The smallest absolute Gasteiger partial charge is 0.167 e. The van der Waals surface area contributed by atoms with Gasteiger partial charge in [0.15, 0.2) is 5.78 Å². The van der Waals surface area contributed by atoms with Crippen molar-refractivity contribution in [2.24, 2.45) is 5.92 Å². The summed E-state index contributed by atoms with van der Waals surface area (Å²) in [6.45, 7) is 1.55. The Morgan fingerprint density at radius 3 is 3.05 bits per heavy atom. The first-order chi connectivity index (χ1) is 10.8. The molecule has 0 unspecified atom stereocenters. The average molecular weight is 317 g/mol. The lowest BCUT2D eigenvalue weighted by Gasteiger charge is -2.21. The van der Waals surface area contributed by atoms with E-state index in [0.717, 1.165) is 49.6 Å². The van der Waals surface area contributed by atoms with Crippen molar-refractivity contribution in [3.8, 4) is 10.7 Å². The van der Waals surface area contributed by atoms with E-state index in [1.165, 1.54) is 17.0 Å². The van der Waals surface area contributed by atoms with Crippen molar-refractivity contribution in [1.29, 1.82) is 0 Å². The van der Waals surface area contributed by atoms with Crippen molar-refractivity contribution in [2.75, 3.05) is 13.2 Å². The number of carbonyl (C=O) groups is 1. The van der Waals surface area contributed by atoms with Crippen LogP contribution in [0.2, 0.25) is 0 Å². The molecule has 0 spiro atoms. The molecule has 5 nitrogen and oxygen atoms in total. The Morgan fingerprint density at radius 2 is 2.23 bits per heavy atom. The molecule has 1 aliphatic heterocycles. The van der Waals surface area contributed by atoms with E-state index in [-0.39, 0.29) is 5.78 Å². The second kappa shape index (κ2) is 5.93. The van der Waals surface area contributed by atoms with Gasteiger partial charge in [0.25, 0.3) is 0 Å². The summed E-state index contributed by atoms with van der Waals surface area (Å²) < 4.78 is 5.36. The summed E-state index contributed by atoms with van der Waals surface area (Å²) >= 11 is 1.70. The molecule has 116 valence electrons. The maximum absolute atomic E-state index is 12.6. The Bertz CT molecular complexity index is 664. The van der Waals surface area contributed by atoms with Crippen LogP contribution in [0.25, 0.3) is 10.7 Å². The molecule has 1 N–H and O–H groups in total. The third-order valence-electron chi connectivity index (χ3n) is 4.56. The number of ether oxygens (including phenoxy) is 1. The maximum Gasteiger partial charge on any atom is 0.167 e. The highest BCUT2D eigenvalue weighted by Gasteiger charge is 2.24. The molecule has 2 aliphatic rings. The predicted octanol–water partition coefficient (Wildman–Crippen LogP) is 3.02. The van der Waals surface area contributed by atoms with Gasteiger partial charge in [0.2, 0.25) is 0 Å². The first-order valence-corrected chi connectivity index (χ1v) is 8.76. The van der Waals surface area contributed by atoms with Crippen molar-refractivity contribution in [2.45, 2.75) is 38.5 Å². The Kier molecular flexibility index (Phi) is 3.80. The monoisotopic (exact) mass is 317 g/mol. The van der Waals surface area contributed by atoms with E-state index < -0.39 is 0 Å². The zero-order valence-electron chi connectivity index (χ0n) is 12.4. The summed E-state index contributed by atoms with van der Waals surface area (Å²) in [5.41, 5.74) is 2.70. The van der Waals surface area contributed by atoms with Gasteiger partial charge >= 0.3 is 0 Å². The molecular weight excluding hydrogens is 298 g/mol. The highest BCUT2D eigenvalue weighted by Crippen LogP contribution is 2.34. The van der Waals surface area contributed by atoms with Crippen LogP contribution in [0.4, 0.5) is 0 Å². The van der Waals surface area contributed by atoms with Gasteiger partial charge in [-0.2, -0.15) is 5.10 Å². The standard InChI is InChI=1S/C16H19N3O2S/c20-13(8-10-4-6-21-7-5-10)11-9-17-19-15(11)16-18-12-2-1-3-14(12)22-16/h9-10H,1-8H2,(H,17,19). The van der Waals surface area contributed by atoms with E-state index in [0.29, 0.717) is 17.9 Å². The van der Waals surface area contributed by atoms with E-state index in [2.05, 4.69) is 10.2 Å². The molecule has 0 atom stereocenters. The number of carbonyl (C=O) groups excluding carboxylic acids is 1. The Balaban J connectivity index is 1.55. The van der Waals surface area contributed by atoms with Crippen LogP contribution >= 0.6 is 11.3 Å². The highest BCUT2D eigenvalue weighted by atomic mass is 32.1. The molecular formula is C16H19N3O2S. The van der Waals surface area contributed by atoms with Crippen molar-refractivity contribution in [3.63, 3.8) is 0 Å². The SMILES string of the molecule is O=C(CC1CCOCC1)c1cn[nH]c1-c1nc2c(s1)CCC2. The summed E-state index contributed by atoms with van der Waals surface area (Å²) in [5.74, 6) is 0.608. The average Bonchev–Trinajstić information content (AvgIpc) is 3.23. The largest absolute Gasteiger partial charge is 0.381 e. The van der Waals surface area contributed by atoms with Crippen LogP contribution < -0.4 is 0 Å². The fourth-order valence-electron chi connectivity index (χ4n) is 3.28. The third kappa shape index (κ3) is 2.61. The minimum Gasteiger partial charge on any atom is -0.381 e. The number of aryl methyl sites for hydroxylation is 2. The van der Waals surface area contributed by atoms with Crippen LogP contribution in [0.3, 0.4) is 0 Å². The molecule has 0 radical (unpaired) electrons. The lowest BCUT2D eigenvalue weighted by molar-refractivity contribution is 0.0601. The van der Waals surface area contributed by atoms with E-state index in [9.17, 15) is 4.79 Å². The van der Waals surface area contributed by atoms with Gasteiger partial charge in [-0.1, -0.05) is 0 Å². The number of aromatic amines is 1. The molecule has 6 heteroatoms. The summed E-state index contributed by atoms with van der Waals surface area (Å²) in [6, 6.07) is 0. The minimum absolute atomic E-state index is 0.172. The molecule has 0 amide bonds. The number of fused-ring (bicyclic) bond motifs is 1. The zero-order valence-corrected chi connectivity index (χ0v) is 13.2. The Labute approximate surface area is 133 Å². The van der Waals surface area contributed by atoms with E-state index in [4.69, 9.17) is 9.72 Å². The molecule has 0 saturated carbocycles. The van der Waals surface area contributed by atoms with Crippen LogP contribution in [0, 0.1) is 5.92 Å². The van der Waals surface area contributed by atoms with E-state index in [1.54, 1.807) is 17.5 Å². The molecule has 1 saturated heterocycles. The Hall–Kier alpha value is -1.53. The van der Waals surface area contributed by atoms with Gasteiger partial charge in [0, 0.05) is 24.5 Å². The van der Waals surface area contributed by atoms with E-state index >= 15 is 0 Å². The number of ketones is 1. The van der Waals surface area contributed by atoms with Gasteiger partial charge in [0.1, 0.15) is 10.7 Å². The number of hydrogen-bond donors (Lipinski definition) is 1. The minimum atomic E-state index is 0.172. The number of hydrogen-bond acceptors (Lipinski definition) is 5. The summed E-state index contributed by atoms with van der Waals surface area (Å²) in [4.78, 5) is 18.7. The number of thiazole rings is 1. The van der Waals surface area contributed by atoms with Crippen LogP contribution in [0.5, 0.6) is 0 Å². The van der Waals surface area contributed by atoms with Crippen LogP contribution in [0.1, 0.15) is 46.6 Å². The third-order valence-corrected chi connectivity index (χ3v) is 5.74. The van der Waals surface area contributed by atoms with Crippen LogP contribution in [-0.4, -0.2) is 34.2 Å². The van der Waals surface area contributed by atoms with Crippen molar-refractivity contribution in [3.05, 3.63) is 22.3 Å². The van der Waals surface area contributed by atoms with E-state index in [1.807, 2.05) is 0 Å². The van der Waals surface area contributed by atoms with Gasteiger partial charge in [-0.05, 0) is 38.0 Å². The number of rotatable bonds is 4. The number of nitrogens with one attached hydrogen (secondary N) is 1. The van der Waals surface area contributed by atoms with Gasteiger partial charge in [0.05, 0.1) is 17.5 Å². The second-order valence-corrected chi connectivity index (χ2v) is 7.17. The highest BCUT2D eigenvalue weighted by molar-refractivity contribution is 7.15. The fourth-order valence-corrected chi connectivity index (χ4v) is 4.44. The summed E-state index contributed by atoms with van der Waals surface area (Å²) in [5, 5.41) is 7.99. The van der Waals surface area contributed by atoms with Gasteiger partial charge < -0.3 is 4.74 Å². The summed E-state index contributed by atoms with van der Waals surface area (Å²) in [6.07, 6.45) is 7.57. The van der Waals surface area contributed by atoms with Crippen molar-refractivity contribution < 1.29 is 9.53 Å². The first kappa shape index (κ1) is 14.1. The van der Waals surface area contributed by atoms with Gasteiger partial charge in [-0.15, -0.1) is 11.3 Å². The fraction of sp³-hybridized carbons (Fsp3) is 0.562. The molecule has 2 aromatic heterocycles. The maximum atomic E-state index is 12.6. The quantitative estimate of drug-likeness (QED) is 0.880. The molecule has 1 aliphatic carbocycles. The van der Waals surface area contributed by atoms with Gasteiger partial charge in [-0.25, -0.2) is 4.98 Å². The molecule has 0 aromatic carbocycles. The number of aromatic nitrogens is 3. The van der Waals surface area contributed by atoms with Crippen molar-refractivity contribution >= 4 is 17.1 Å². The lowest BCUT2D eigenvalue weighted by atomic mass is 9.92. The number of Topliss-reactive ketones (excluding diaryl/α,β-unsaturated/α-hetero) is 1. The number of nitrogens with zero attached hydrogens (tertiary/aromatic N) is 2. The van der Waals surface area contributed by atoms with Crippen molar-refractivity contribution in [1.82, 2.24) is 15.2 Å². The second-order valence-electron chi connectivity index (χ2n) is 6.08. The molecule has 22 heavy (non-hydrogen) atoms. The molecule has 1 fully saturated rings. The Morgan fingerprint density at radius 1 is 1.36 bits per heavy atom. The number of H-pyrrole nitrogens is 1. The zero-order chi connectivity index (χ0) is 14.9. The normalized spacial score (nSPS) is 18.5. The first-order valence-electron chi connectivity index (χ1n) is 7.94. The summed E-state index contributed by atoms with van der Waals surface area (Å²) in [7, 11) is 0. The molecule has 3 heterocycles. The van der Waals surface area contributed by atoms with Crippen LogP contribution in [-0.2, 0) is 17.6 Å². The van der Waals surface area contributed by atoms with Crippen LogP contribution in [0.15, 0.2) is 6.20 Å². The predicted molar refractivity (Wildman–Crippen MR) is 84.2 cm³/mol. The molecule has 0 bridgehead atoms. The topological polar surface area (TPSA) is 67.9 Å².